The Kier molecular flexibility index (Phi) is 3.48. The number of carboxylic acids is 1. The van der Waals surface area contributed by atoms with E-state index in [4.69, 9.17) is 10.8 Å². The number of benzene rings is 1. The summed E-state index contributed by atoms with van der Waals surface area (Å²) in [6, 6.07) is 3.46. The zero-order valence-electron chi connectivity index (χ0n) is 11.8. The Balaban J connectivity index is 2.49. The molecule has 0 saturated carbocycles. The summed E-state index contributed by atoms with van der Waals surface area (Å²) in [6.45, 7) is 0. The molecule has 0 amide bonds. The van der Waals surface area contributed by atoms with Crippen LogP contribution in [0.15, 0.2) is 35.3 Å². The molecule has 1 aromatic carbocycles. The van der Waals surface area contributed by atoms with E-state index in [1.54, 1.807) is 0 Å². The summed E-state index contributed by atoms with van der Waals surface area (Å²) in [4.78, 5) is 26.9. The maximum absolute atomic E-state index is 14.1. The summed E-state index contributed by atoms with van der Waals surface area (Å²) in [5, 5.41) is 8.84. The van der Waals surface area contributed by atoms with Gasteiger partial charge in [0, 0.05) is 17.6 Å². The highest BCUT2D eigenvalue weighted by Gasteiger charge is 2.19. The number of hydrogen-bond donors (Lipinski definition) is 2. The SMILES string of the molecule is Nc1nc(-n2cc(C(=O)O)c(=O)c3cc(F)ccc32)c(F)cc1F. The predicted octanol–water partition coefficient (Wildman–Crippen LogP) is 2.08. The molecule has 0 unspecified atom stereocenters. The van der Waals surface area contributed by atoms with Crippen molar-refractivity contribution in [2.45, 2.75) is 0 Å². The van der Waals surface area contributed by atoms with Gasteiger partial charge < -0.3 is 10.8 Å². The summed E-state index contributed by atoms with van der Waals surface area (Å²) >= 11 is 0. The molecule has 0 bridgehead atoms. The van der Waals surface area contributed by atoms with Gasteiger partial charge in [-0.25, -0.2) is 22.9 Å². The van der Waals surface area contributed by atoms with Gasteiger partial charge in [-0.05, 0) is 18.2 Å². The van der Waals surface area contributed by atoms with Gasteiger partial charge in [-0.2, -0.15) is 0 Å². The third-order valence-corrected chi connectivity index (χ3v) is 3.36. The Morgan fingerprint density at radius 3 is 2.54 bits per heavy atom. The summed E-state index contributed by atoms with van der Waals surface area (Å²) < 4.78 is 41.7. The zero-order chi connectivity index (χ0) is 17.6. The molecule has 2 heterocycles. The first-order valence-corrected chi connectivity index (χ1v) is 6.49. The number of nitrogens with two attached hydrogens (primary N) is 1. The van der Waals surface area contributed by atoms with Crippen molar-refractivity contribution in [2.24, 2.45) is 0 Å². The highest BCUT2D eigenvalue weighted by molar-refractivity contribution is 5.93. The highest BCUT2D eigenvalue weighted by Crippen LogP contribution is 2.22. The molecular weight excluding hydrogens is 327 g/mol. The first-order chi connectivity index (χ1) is 11.3. The average molecular weight is 335 g/mol. The van der Waals surface area contributed by atoms with Crippen LogP contribution in [0.4, 0.5) is 19.0 Å². The van der Waals surface area contributed by atoms with Crippen molar-refractivity contribution in [1.29, 1.82) is 0 Å². The summed E-state index contributed by atoms with van der Waals surface area (Å²) in [6.07, 6.45) is 0.827. The maximum atomic E-state index is 14.1. The average Bonchev–Trinajstić information content (AvgIpc) is 2.52. The lowest BCUT2D eigenvalue weighted by atomic mass is 10.1. The van der Waals surface area contributed by atoms with Crippen LogP contribution >= 0.6 is 0 Å². The second-order valence-corrected chi connectivity index (χ2v) is 4.87. The third kappa shape index (κ3) is 2.35. The van der Waals surface area contributed by atoms with Crippen LogP contribution < -0.4 is 11.2 Å². The van der Waals surface area contributed by atoms with Gasteiger partial charge in [-0.3, -0.25) is 9.36 Å². The van der Waals surface area contributed by atoms with Gasteiger partial charge in [0.15, 0.2) is 23.3 Å². The van der Waals surface area contributed by atoms with Gasteiger partial charge in [-0.15, -0.1) is 0 Å². The molecule has 0 spiro atoms. The van der Waals surface area contributed by atoms with Crippen molar-refractivity contribution >= 4 is 22.7 Å². The van der Waals surface area contributed by atoms with Crippen molar-refractivity contribution in [3.05, 3.63) is 63.7 Å². The van der Waals surface area contributed by atoms with E-state index < -0.39 is 46.0 Å². The largest absolute Gasteiger partial charge is 0.477 e. The van der Waals surface area contributed by atoms with Crippen molar-refractivity contribution in [3.8, 4) is 5.82 Å². The van der Waals surface area contributed by atoms with E-state index in [2.05, 4.69) is 4.98 Å². The van der Waals surface area contributed by atoms with Crippen LogP contribution in [0.25, 0.3) is 16.7 Å². The van der Waals surface area contributed by atoms with Crippen LogP contribution in [0, 0.1) is 17.5 Å². The minimum Gasteiger partial charge on any atom is -0.477 e. The predicted molar refractivity (Wildman–Crippen MR) is 78.6 cm³/mol. The fraction of sp³-hybridized carbons (Fsp3) is 0. The lowest BCUT2D eigenvalue weighted by Gasteiger charge is -2.13. The van der Waals surface area contributed by atoms with Crippen LogP contribution in [0.1, 0.15) is 10.4 Å². The first kappa shape index (κ1) is 15.5. The topological polar surface area (TPSA) is 98.2 Å². The van der Waals surface area contributed by atoms with Gasteiger partial charge in [0.05, 0.1) is 5.52 Å². The summed E-state index contributed by atoms with van der Waals surface area (Å²) in [5.41, 5.74) is 3.64. The van der Waals surface area contributed by atoms with E-state index >= 15 is 0 Å². The number of carboxylic acid groups (broad SMARTS) is 1. The number of anilines is 1. The van der Waals surface area contributed by atoms with E-state index in [-0.39, 0.29) is 10.9 Å². The lowest BCUT2D eigenvalue weighted by molar-refractivity contribution is 0.0695. The molecule has 0 atom stereocenters. The molecule has 0 radical (unpaired) electrons. The highest BCUT2D eigenvalue weighted by atomic mass is 19.1. The normalized spacial score (nSPS) is 11.0. The first-order valence-electron chi connectivity index (χ1n) is 6.49. The molecular formula is C15H8F3N3O3. The zero-order valence-corrected chi connectivity index (χ0v) is 11.8. The molecule has 3 aromatic rings. The van der Waals surface area contributed by atoms with E-state index in [1.807, 2.05) is 0 Å². The number of fused-ring (bicyclic) bond motifs is 1. The third-order valence-electron chi connectivity index (χ3n) is 3.36. The van der Waals surface area contributed by atoms with Crippen molar-refractivity contribution in [2.75, 3.05) is 5.73 Å². The van der Waals surface area contributed by atoms with E-state index in [1.165, 1.54) is 0 Å². The molecule has 0 aliphatic heterocycles. The fourth-order valence-corrected chi connectivity index (χ4v) is 2.27. The molecule has 0 saturated heterocycles. The van der Waals surface area contributed by atoms with Crippen LogP contribution in [0.5, 0.6) is 0 Å². The molecule has 122 valence electrons. The minimum atomic E-state index is -1.59. The number of hydrogen-bond acceptors (Lipinski definition) is 4. The second-order valence-electron chi connectivity index (χ2n) is 4.87. The Labute approximate surface area is 131 Å². The maximum Gasteiger partial charge on any atom is 0.341 e. The van der Waals surface area contributed by atoms with Crippen molar-refractivity contribution < 1.29 is 23.1 Å². The molecule has 9 heteroatoms. The number of aromatic nitrogens is 2. The van der Waals surface area contributed by atoms with Crippen molar-refractivity contribution in [3.63, 3.8) is 0 Å². The van der Waals surface area contributed by atoms with Gasteiger partial charge in [-0.1, -0.05) is 0 Å². The number of halogens is 3. The molecule has 0 aliphatic carbocycles. The summed E-state index contributed by atoms with van der Waals surface area (Å²) in [7, 11) is 0. The van der Waals surface area contributed by atoms with Crippen LogP contribution in [-0.4, -0.2) is 20.6 Å². The number of aromatic carboxylic acids is 1. The van der Waals surface area contributed by atoms with Gasteiger partial charge in [0.2, 0.25) is 5.43 Å². The summed E-state index contributed by atoms with van der Waals surface area (Å²) in [5.74, 6) is -5.72. The second kappa shape index (κ2) is 5.37. The van der Waals surface area contributed by atoms with Crippen molar-refractivity contribution in [1.82, 2.24) is 9.55 Å². The van der Waals surface area contributed by atoms with Crippen LogP contribution in [0.3, 0.4) is 0 Å². The molecule has 3 N–H and O–H groups in total. The molecule has 24 heavy (non-hydrogen) atoms. The minimum absolute atomic E-state index is 0.0104. The number of nitrogen functional groups attached to an aromatic ring is 1. The quantitative estimate of drug-likeness (QED) is 0.747. The fourth-order valence-electron chi connectivity index (χ4n) is 2.27. The van der Waals surface area contributed by atoms with Gasteiger partial charge in [0.1, 0.15) is 11.4 Å². The molecule has 0 aliphatic rings. The number of pyridine rings is 2. The standard InChI is InChI=1S/C15H8F3N3O3/c16-6-1-2-11-7(3-6)12(22)8(15(23)24)5-21(11)14-10(18)4-9(17)13(19)20-14/h1-5H,(H2,19,20)(H,23,24). The van der Waals surface area contributed by atoms with Gasteiger partial charge >= 0.3 is 5.97 Å². The van der Waals surface area contributed by atoms with E-state index in [9.17, 15) is 22.8 Å². The molecule has 0 fully saturated rings. The van der Waals surface area contributed by atoms with E-state index in [0.29, 0.717) is 6.07 Å². The molecule has 3 rings (SSSR count). The number of rotatable bonds is 2. The molecule has 6 nitrogen and oxygen atoms in total. The van der Waals surface area contributed by atoms with E-state index in [0.717, 1.165) is 29.0 Å². The Bertz CT molecular complexity index is 1060. The van der Waals surface area contributed by atoms with Crippen LogP contribution in [0.2, 0.25) is 0 Å². The number of nitrogens with zero attached hydrogens (tertiary/aromatic N) is 2. The smallest absolute Gasteiger partial charge is 0.341 e. The monoisotopic (exact) mass is 335 g/mol. The molecule has 2 aromatic heterocycles. The Morgan fingerprint density at radius 1 is 1.17 bits per heavy atom. The number of carbonyl (C=O) groups is 1. The Morgan fingerprint density at radius 2 is 1.88 bits per heavy atom. The van der Waals surface area contributed by atoms with Crippen LogP contribution in [-0.2, 0) is 0 Å². The van der Waals surface area contributed by atoms with Gasteiger partial charge in [0.25, 0.3) is 0 Å². The Hall–Kier alpha value is -3.36. The lowest BCUT2D eigenvalue weighted by Crippen LogP contribution is -2.19.